The van der Waals surface area contributed by atoms with E-state index in [4.69, 9.17) is 44.3 Å². The predicted molar refractivity (Wildman–Crippen MR) is 93.2 cm³/mol. The Hall–Kier alpha value is -1.62. The van der Waals surface area contributed by atoms with Gasteiger partial charge in [0.2, 0.25) is 0 Å². The standard InChI is InChI=1S/C16H14Cl3NO3/c1-9(23-11-5-3-4-10(6-11)22-2)16(21)20-15-8-13(18)12(17)7-14(15)19/h3-9H,1-2H3,(H,20,21)/t9-/m1/s1. The number of hydrogen-bond acceptors (Lipinski definition) is 3. The summed E-state index contributed by atoms with van der Waals surface area (Å²) in [5.74, 6) is 0.794. The van der Waals surface area contributed by atoms with Crippen molar-refractivity contribution in [1.29, 1.82) is 0 Å². The fourth-order valence-electron chi connectivity index (χ4n) is 1.78. The molecule has 2 aromatic carbocycles. The fraction of sp³-hybridized carbons (Fsp3) is 0.188. The van der Waals surface area contributed by atoms with Crippen molar-refractivity contribution in [3.8, 4) is 11.5 Å². The summed E-state index contributed by atoms with van der Waals surface area (Å²) >= 11 is 17.8. The molecule has 2 rings (SSSR count). The summed E-state index contributed by atoms with van der Waals surface area (Å²) in [4.78, 5) is 12.2. The maximum Gasteiger partial charge on any atom is 0.265 e. The second-order valence-corrected chi connectivity index (χ2v) is 5.90. The van der Waals surface area contributed by atoms with E-state index in [0.717, 1.165) is 0 Å². The second-order valence-electron chi connectivity index (χ2n) is 4.67. The van der Waals surface area contributed by atoms with Crippen molar-refractivity contribution < 1.29 is 14.3 Å². The molecule has 0 saturated heterocycles. The number of anilines is 1. The third-order valence-electron chi connectivity index (χ3n) is 2.99. The molecule has 122 valence electrons. The molecule has 23 heavy (non-hydrogen) atoms. The number of carbonyl (C=O) groups excluding carboxylic acids is 1. The number of methoxy groups -OCH3 is 1. The second kappa shape index (κ2) is 7.77. The molecule has 0 unspecified atom stereocenters. The lowest BCUT2D eigenvalue weighted by Gasteiger charge is -2.16. The van der Waals surface area contributed by atoms with Gasteiger partial charge < -0.3 is 14.8 Å². The van der Waals surface area contributed by atoms with Gasteiger partial charge in [-0.1, -0.05) is 40.9 Å². The van der Waals surface area contributed by atoms with E-state index in [9.17, 15) is 4.79 Å². The van der Waals surface area contributed by atoms with E-state index in [-0.39, 0.29) is 5.91 Å². The average molecular weight is 375 g/mol. The molecule has 0 aliphatic rings. The molecule has 0 radical (unpaired) electrons. The van der Waals surface area contributed by atoms with Crippen LogP contribution in [0.4, 0.5) is 5.69 Å². The van der Waals surface area contributed by atoms with Crippen molar-refractivity contribution >= 4 is 46.4 Å². The SMILES string of the molecule is COc1cccc(O[C@H](C)C(=O)Nc2cc(Cl)c(Cl)cc2Cl)c1. The Labute approximate surface area is 149 Å². The molecule has 0 heterocycles. The highest BCUT2D eigenvalue weighted by Gasteiger charge is 2.17. The molecule has 0 aromatic heterocycles. The lowest BCUT2D eigenvalue weighted by atomic mass is 10.3. The van der Waals surface area contributed by atoms with Gasteiger partial charge in [-0.2, -0.15) is 0 Å². The Morgan fingerprint density at radius 3 is 2.39 bits per heavy atom. The minimum Gasteiger partial charge on any atom is -0.497 e. The van der Waals surface area contributed by atoms with E-state index in [2.05, 4.69) is 5.32 Å². The summed E-state index contributed by atoms with van der Waals surface area (Å²) in [6.07, 6.45) is -0.743. The van der Waals surface area contributed by atoms with Crippen molar-refractivity contribution in [2.45, 2.75) is 13.0 Å². The lowest BCUT2D eigenvalue weighted by molar-refractivity contribution is -0.122. The van der Waals surface area contributed by atoms with Crippen LogP contribution < -0.4 is 14.8 Å². The van der Waals surface area contributed by atoms with E-state index in [1.54, 1.807) is 38.3 Å². The van der Waals surface area contributed by atoms with Gasteiger partial charge in [0.05, 0.1) is 27.9 Å². The van der Waals surface area contributed by atoms with Crippen LogP contribution in [-0.2, 0) is 4.79 Å². The summed E-state index contributed by atoms with van der Waals surface area (Å²) in [6, 6.07) is 9.94. The molecule has 1 amide bonds. The van der Waals surface area contributed by atoms with Gasteiger partial charge in [0.1, 0.15) is 11.5 Å². The molecule has 1 N–H and O–H groups in total. The van der Waals surface area contributed by atoms with Crippen LogP contribution in [0.1, 0.15) is 6.92 Å². The fourth-order valence-corrected chi connectivity index (χ4v) is 2.38. The smallest absolute Gasteiger partial charge is 0.265 e. The van der Waals surface area contributed by atoms with E-state index >= 15 is 0 Å². The minimum atomic E-state index is -0.743. The highest BCUT2D eigenvalue weighted by molar-refractivity contribution is 6.44. The quantitative estimate of drug-likeness (QED) is 0.744. The monoisotopic (exact) mass is 373 g/mol. The minimum absolute atomic E-state index is 0.293. The van der Waals surface area contributed by atoms with Crippen LogP contribution in [0.3, 0.4) is 0 Å². The highest BCUT2D eigenvalue weighted by atomic mass is 35.5. The number of halogens is 3. The maximum absolute atomic E-state index is 12.2. The van der Waals surface area contributed by atoms with Crippen LogP contribution >= 0.6 is 34.8 Å². The topological polar surface area (TPSA) is 47.6 Å². The van der Waals surface area contributed by atoms with Crippen molar-refractivity contribution in [3.05, 3.63) is 51.5 Å². The largest absolute Gasteiger partial charge is 0.497 e. The zero-order valence-electron chi connectivity index (χ0n) is 12.4. The summed E-state index contributed by atoms with van der Waals surface area (Å²) in [5, 5.41) is 3.56. The van der Waals surface area contributed by atoms with Crippen molar-refractivity contribution in [1.82, 2.24) is 0 Å². The third kappa shape index (κ3) is 4.67. The van der Waals surface area contributed by atoms with Gasteiger partial charge in [-0.05, 0) is 31.2 Å². The first kappa shape index (κ1) is 17.7. The Morgan fingerprint density at radius 1 is 1.04 bits per heavy atom. The first-order valence-corrected chi connectivity index (χ1v) is 7.80. The summed E-state index contributed by atoms with van der Waals surface area (Å²) in [6.45, 7) is 1.63. The molecule has 7 heteroatoms. The van der Waals surface area contributed by atoms with Gasteiger partial charge in [-0.25, -0.2) is 0 Å². The number of hydrogen-bond donors (Lipinski definition) is 1. The van der Waals surface area contributed by atoms with Gasteiger partial charge in [0, 0.05) is 6.07 Å². The first-order valence-electron chi connectivity index (χ1n) is 6.67. The third-order valence-corrected chi connectivity index (χ3v) is 4.03. The van der Waals surface area contributed by atoms with Crippen molar-refractivity contribution in [3.63, 3.8) is 0 Å². The summed E-state index contributed by atoms with van der Waals surface area (Å²) in [7, 11) is 1.56. The number of carbonyl (C=O) groups is 1. The number of ether oxygens (including phenoxy) is 2. The molecular formula is C16H14Cl3NO3. The predicted octanol–water partition coefficient (Wildman–Crippen LogP) is 5.06. The Bertz CT molecular complexity index is 722. The van der Waals surface area contributed by atoms with Gasteiger partial charge in [0.15, 0.2) is 6.10 Å². The molecule has 0 saturated carbocycles. The zero-order chi connectivity index (χ0) is 17.0. The molecule has 0 aliphatic carbocycles. The van der Waals surface area contributed by atoms with E-state index in [0.29, 0.717) is 32.3 Å². The molecule has 0 fully saturated rings. The average Bonchev–Trinajstić information content (AvgIpc) is 2.52. The highest BCUT2D eigenvalue weighted by Crippen LogP contribution is 2.32. The van der Waals surface area contributed by atoms with Crippen molar-refractivity contribution in [2.75, 3.05) is 12.4 Å². The van der Waals surface area contributed by atoms with Crippen LogP contribution in [0.5, 0.6) is 11.5 Å². The number of amides is 1. The molecular weight excluding hydrogens is 361 g/mol. The maximum atomic E-state index is 12.2. The van der Waals surface area contributed by atoms with Crippen LogP contribution in [0.25, 0.3) is 0 Å². The van der Waals surface area contributed by atoms with E-state index in [1.165, 1.54) is 12.1 Å². The molecule has 0 spiro atoms. The van der Waals surface area contributed by atoms with Gasteiger partial charge >= 0.3 is 0 Å². The molecule has 0 aliphatic heterocycles. The first-order chi connectivity index (χ1) is 10.9. The molecule has 2 aromatic rings. The molecule has 1 atom stereocenters. The van der Waals surface area contributed by atoms with Gasteiger partial charge in [-0.3, -0.25) is 4.79 Å². The van der Waals surface area contributed by atoms with E-state index in [1.807, 2.05) is 0 Å². The van der Waals surface area contributed by atoms with Crippen molar-refractivity contribution in [2.24, 2.45) is 0 Å². The molecule has 4 nitrogen and oxygen atoms in total. The normalized spacial score (nSPS) is 11.7. The Kier molecular flexibility index (Phi) is 5.99. The van der Waals surface area contributed by atoms with Crippen LogP contribution in [0, 0.1) is 0 Å². The van der Waals surface area contributed by atoms with E-state index < -0.39 is 6.10 Å². The Morgan fingerprint density at radius 2 is 1.70 bits per heavy atom. The summed E-state index contributed by atoms with van der Waals surface area (Å²) in [5.41, 5.74) is 0.368. The zero-order valence-corrected chi connectivity index (χ0v) is 14.7. The van der Waals surface area contributed by atoms with Crippen LogP contribution in [0.15, 0.2) is 36.4 Å². The number of benzene rings is 2. The lowest BCUT2D eigenvalue weighted by Crippen LogP contribution is -2.30. The number of nitrogens with one attached hydrogen (secondary N) is 1. The number of rotatable bonds is 5. The van der Waals surface area contributed by atoms with Gasteiger partial charge in [-0.15, -0.1) is 0 Å². The Balaban J connectivity index is 2.06. The van der Waals surface area contributed by atoms with Crippen LogP contribution in [-0.4, -0.2) is 19.1 Å². The van der Waals surface area contributed by atoms with Gasteiger partial charge in [0.25, 0.3) is 5.91 Å². The van der Waals surface area contributed by atoms with Crippen LogP contribution in [0.2, 0.25) is 15.1 Å². The molecule has 0 bridgehead atoms. The summed E-state index contributed by atoms with van der Waals surface area (Å²) < 4.78 is 10.7.